The molecule has 62 valence electrons. The van der Waals surface area contributed by atoms with Crippen molar-refractivity contribution in [3.05, 3.63) is 0 Å². The van der Waals surface area contributed by atoms with Gasteiger partial charge in [0.1, 0.15) is 0 Å². The highest BCUT2D eigenvalue weighted by molar-refractivity contribution is 7.99. The monoisotopic (exact) mass is 183 g/mol. The molecule has 3 N–H and O–H groups in total. The van der Waals surface area contributed by atoms with Crippen LogP contribution in [0.25, 0.3) is 0 Å². The Labute approximate surface area is 72.0 Å². The molecule has 2 nitrogen and oxygen atoms in total. The summed E-state index contributed by atoms with van der Waals surface area (Å²) in [6, 6.07) is 0. The molecule has 1 aliphatic rings. The molecule has 0 radical (unpaired) electrons. The molecule has 10 heavy (non-hydrogen) atoms. The summed E-state index contributed by atoms with van der Waals surface area (Å²) in [5.41, 5.74) is 4.84. The molecule has 0 spiro atoms. The number of nitrogens with two attached hydrogens (primary N) is 1. The number of rotatable bonds is 1. The molecule has 1 heterocycles. The molecule has 0 aromatic carbocycles. The minimum Gasteiger partial charge on any atom is -0.388 e. The Bertz CT molecular complexity index is 95.7. The van der Waals surface area contributed by atoms with Gasteiger partial charge in [-0.1, -0.05) is 0 Å². The number of hydrogen-bond donors (Lipinski definition) is 2. The average molecular weight is 184 g/mol. The summed E-state index contributed by atoms with van der Waals surface area (Å²) in [6.07, 6.45) is 1.99. The number of hydrogen-bond acceptors (Lipinski definition) is 3. The molecular formula is C6H14ClNOS. The highest BCUT2D eigenvalue weighted by Crippen LogP contribution is 2.25. The van der Waals surface area contributed by atoms with Crippen LogP contribution in [0.3, 0.4) is 0 Å². The van der Waals surface area contributed by atoms with E-state index in [-0.39, 0.29) is 12.4 Å². The van der Waals surface area contributed by atoms with Gasteiger partial charge in [0.15, 0.2) is 0 Å². The molecular weight excluding hydrogens is 170 g/mol. The third-order valence-electron chi connectivity index (χ3n) is 1.68. The van der Waals surface area contributed by atoms with Crippen molar-refractivity contribution in [2.75, 3.05) is 18.1 Å². The molecule has 1 rings (SSSR count). The van der Waals surface area contributed by atoms with E-state index in [2.05, 4.69) is 0 Å². The molecule has 0 bridgehead atoms. The lowest BCUT2D eigenvalue weighted by atomic mass is 10.0. The van der Waals surface area contributed by atoms with Crippen molar-refractivity contribution in [1.82, 2.24) is 0 Å². The zero-order valence-corrected chi connectivity index (χ0v) is 7.51. The van der Waals surface area contributed by atoms with Crippen LogP contribution in [-0.4, -0.2) is 28.8 Å². The van der Waals surface area contributed by atoms with Crippen LogP contribution >= 0.6 is 24.2 Å². The molecule has 0 aromatic rings. The zero-order chi connectivity index (χ0) is 6.74. The van der Waals surface area contributed by atoms with E-state index < -0.39 is 5.60 Å². The number of thioether (sulfide) groups is 1. The van der Waals surface area contributed by atoms with Crippen LogP contribution < -0.4 is 5.73 Å². The summed E-state index contributed by atoms with van der Waals surface area (Å²) in [4.78, 5) is 0. The Hall–Kier alpha value is 0.560. The molecule has 0 aliphatic carbocycles. The normalized spacial score (nSPS) is 33.0. The molecule has 1 fully saturated rings. The van der Waals surface area contributed by atoms with Gasteiger partial charge in [0.25, 0.3) is 0 Å². The van der Waals surface area contributed by atoms with Crippen molar-refractivity contribution in [2.24, 2.45) is 5.73 Å². The van der Waals surface area contributed by atoms with Crippen molar-refractivity contribution in [2.45, 2.75) is 18.4 Å². The fourth-order valence-corrected chi connectivity index (χ4v) is 2.13. The van der Waals surface area contributed by atoms with Crippen LogP contribution in [0, 0.1) is 0 Å². The molecule has 1 unspecified atom stereocenters. The topological polar surface area (TPSA) is 46.2 Å². The SMILES string of the molecule is Cl.NCC1(O)CCCSC1. The maximum atomic E-state index is 9.53. The van der Waals surface area contributed by atoms with Crippen LogP contribution in [0.15, 0.2) is 0 Å². The second-order valence-corrected chi connectivity index (χ2v) is 3.69. The van der Waals surface area contributed by atoms with Crippen LogP contribution in [0.5, 0.6) is 0 Å². The first-order valence-electron chi connectivity index (χ1n) is 3.27. The minimum atomic E-state index is -0.539. The van der Waals surface area contributed by atoms with E-state index in [1.807, 2.05) is 0 Å². The van der Waals surface area contributed by atoms with E-state index in [1.165, 1.54) is 5.75 Å². The molecule has 0 aromatic heterocycles. The van der Waals surface area contributed by atoms with Crippen molar-refractivity contribution in [1.29, 1.82) is 0 Å². The lowest BCUT2D eigenvalue weighted by Crippen LogP contribution is -2.42. The van der Waals surface area contributed by atoms with E-state index in [1.54, 1.807) is 11.8 Å². The maximum absolute atomic E-state index is 9.53. The Balaban J connectivity index is 0.000000810. The quantitative estimate of drug-likeness (QED) is 0.627. The van der Waals surface area contributed by atoms with Crippen LogP contribution in [-0.2, 0) is 0 Å². The highest BCUT2D eigenvalue weighted by atomic mass is 35.5. The minimum absolute atomic E-state index is 0. The summed E-state index contributed by atoms with van der Waals surface area (Å²) in [6.45, 7) is 0.417. The molecule has 1 atom stereocenters. The van der Waals surface area contributed by atoms with E-state index in [0.717, 1.165) is 18.6 Å². The maximum Gasteiger partial charge on any atom is 0.0859 e. The average Bonchev–Trinajstić information content (AvgIpc) is 1.90. The number of halogens is 1. The first kappa shape index (κ1) is 10.6. The van der Waals surface area contributed by atoms with Gasteiger partial charge in [-0.2, -0.15) is 11.8 Å². The Morgan fingerprint density at radius 2 is 2.30 bits per heavy atom. The van der Waals surface area contributed by atoms with Crippen molar-refractivity contribution >= 4 is 24.2 Å². The Morgan fingerprint density at radius 3 is 2.60 bits per heavy atom. The lowest BCUT2D eigenvalue weighted by molar-refractivity contribution is 0.0617. The lowest BCUT2D eigenvalue weighted by Gasteiger charge is -2.29. The predicted molar refractivity (Wildman–Crippen MR) is 47.8 cm³/mol. The van der Waals surface area contributed by atoms with Gasteiger partial charge < -0.3 is 10.8 Å². The number of aliphatic hydroxyl groups is 1. The summed E-state index contributed by atoms with van der Waals surface area (Å²) in [5, 5.41) is 9.53. The van der Waals surface area contributed by atoms with Gasteiger partial charge in [0.2, 0.25) is 0 Å². The van der Waals surface area contributed by atoms with Gasteiger partial charge in [-0.05, 0) is 18.6 Å². The third-order valence-corrected chi connectivity index (χ3v) is 3.00. The highest BCUT2D eigenvalue weighted by Gasteiger charge is 2.27. The Morgan fingerprint density at radius 1 is 1.60 bits per heavy atom. The van der Waals surface area contributed by atoms with Crippen LogP contribution in [0.1, 0.15) is 12.8 Å². The summed E-state index contributed by atoms with van der Waals surface area (Å²) >= 11 is 1.80. The summed E-state index contributed by atoms with van der Waals surface area (Å²) < 4.78 is 0. The second kappa shape index (κ2) is 4.44. The van der Waals surface area contributed by atoms with Crippen molar-refractivity contribution in [3.8, 4) is 0 Å². The fourth-order valence-electron chi connectivity index (χ4n) is 0.999. The Kier molecular flexibility index (Phi) is 4.69. The van der Waals surface area contributed by atoms with Gasteiger partial charge in [0.05, 0.1) is 5.60 Å². The van der Waals surface area contributed by atoms with Crippen LogP contribution in [0.2, 0.25) is 0 Å². The van der Waals surface area contributed by atoms with E-state index in [4.69, 9.17) is 5.73 Å². The third kappa shape index (κ3) is 2.66. The van der Waals surface area contributed by atoms with Crippen molar-refractivity contribution < 1.29 is 5.11 Å². The molecule has 0 saturated carbocycles. The van der Waals surface area contributed by atoms with Gasteiger partial charge in [-0.25, -0.2) is 0 Å². The van der Waals surface area contributed by atoms with E-state index in [9.17, 15) is 5.11 Å². The van der Waals surface area contributed by atoms with Gasteiger partial charge in [-0.3, -0.25) is 0 Å². The second-order valence-electron chi connectivity index (χ2n) is 2.58. The smallest absolute Gasteiger partial charge is 0.0859 e. The largest absolute Gasteiger partial charge is 0.388 e. The predicted octanol–water partition coefficient (Wildman–Crippen LogP) is 0.625. The van der Waals surface area contributed by atoms with E-state index in [0.29, 0.717) is 6.54 Å². The van der Waals surface area contributed by atoms with Crippen LogP contribution in [0.4, 0.5) is 0 Å². The standard InChI is InChI=1S/C6H13NOS.ClH/c7-4-6(8)2-1-3-9-5-6;/h8H,1-5,7H2;1H. The van der Waals surface area contributed by atoms with Gasteiger partial charge >= 0.3 is 0 Å². The van der Waals surface area contributed by atoms with Gasteiger partial charge in [-0.15, -0.1) is 12.4 Å². The summed E-state index contributed by atoms with van der Waals surface area (Å²) in [7, 11) is 0. The molecule has 1 saturated heterocycles. The first-order valence-corrected chi connectivity index (χ1v) is 4.42. The molecule has 4 heteroatoms. The molecule has 0 amide bonds. The zero-order valence-electron chi connectivity index (χ0n) is 5.88. The van der Waals surface area contributed by atoms with E-state index >= 15 is 0 Å². The first-order chi connectivity index (χ1) is 4.27. The fraction of sp³-hybridized carbons (Fsp3) is 1.00. The summed E-state index contributed by atoms with van der Waals surface area (Å²) in [5.74, 6) is 2.01. The molecule has 1 aliphatic heterocycles. The van der Waals surface area contributed by atoms with Gasteiger partial charge in [0, 0.05) is 12.3 Å². The van der Waals surface area contributed by atoms with Crippen molar-refractivity contribution in [3.63, 3.8) is 0 Å².